The molecule has 2 nitrogen and oxygen atoms in total. The first-order chi connectivity index (χ1) is 6.15. The molecule has 5 heteroatoms. The summed E-state index contributed by atoms with van der Waals surface area (Å²) in [4.78, 5) is 0. The third-order valence-electron chi connectivity index (χ3n) is 1.37. The summed E-state index contributed by atoms with van der Waals surface area (Å²) in [7, 11) is -1.68. The van der Waals surface area contributed by atoms with E-state index in [9.17, 15) is 4.57 Å². The Morgan fingerprint density at radius 3 is 2.77 bits per heavy atom. The summed E-state index contributed by atoms with van der Waals surface area (Å²) >= 11 is 11.5. The highest BCUT2D eigenvalue weighted by atomic mass is 35.5. The predicted molar refractivity (Wildman–Crippen MR) is 55.2 cm³/mol. The van der Waals surface area contributed by atoms with Crippen LogP contribution >= 0.6 is 31.2 Å². The van der Waals surface area contributed by atoms with E-state index >= 15 is 0 Å². The average molecular weight is 238 g/mol. The second-order valence-electron chi connectivity index (χ2n) is 2.29. The molecule has 1 atom stereocenters. The van der Waals surface area contributed by atoms with Gasteiger partial charge in [0.05, 0.1) is 5.02 Å². The highest BCUT2D eigenvalue weighted by Crippen LogP contribution is 2.36. The first kappa shape index (κ1) is 10.8. The minimum atomic E-state index is -1.68. The number of halogens is 2. The topological polar surface area (TPSA) is 26.3 Å². The van der Waals surface area contributed by atoms with Crippen molar-refractivity contribution in [1.82, 2.24) is 0 Å². The third kappa shape index (κ3) is 2.84. The lowest BCUT2D eigenvalue weighted by Crippen LogP contribution is -1.84. The van der Waals surface area contributed by atoms with Crippen molar-refractivity contribution in [2.75, 3.05) is 6.16 Å². The maximum Gasteiger partial charge on any atom is 0.555 e. The Kier molecular flexibility index (Phi) is 3.98. The van der Waals surface area contributed by atoms with Crippen molar-refractivity contribution < 1.29 is 9.09 Å². The second-order valence-corrected chi connectivity index (χ2v) is 4.56. The lowest BCUT2D eigenvalue weighted by molar-refractivity contribution is 0.506. The van der Waals surface area contributed by atoms with Crippen LogP contribution in [0.4, 0.5) is 0 Å². The Morgan fingerprint density at radius 2 is 2.15 bits per heavy atom. The number of hydrogen-bond donors (Lipinski definition) is 0. The van der Waals surface area contributed by atoms with Crippen molar-refractivity contribution in [2.24, 2.45) is 0 Å². The molecule has 0 aliphatic rings. The molecular weight excluding hydrogens is 230 g/mol. The van der Waals surface area contributed by atoms with Gasteiger partial charge in [-0.25, -0.2) is 0 Å². The van der Waals surface area contributed by atoms with Gasteiger partial charge in [-0.3, -0.25) is 4.52 Å². The highest BCUT2D eigenvalue weighted by Gasteiger charge is 2.18. The third-order valence-corrected chi connectivity index (χ3v) is 3.09. The smallest absolute Gasteiger partial charge is 0.253 e. The molecule has 0 N–H and O–H groups in total. The van der Waals surface area contributed by atoms with E-state index in [-0.39, 0.29) is 0 Å². The molecule has 1 rings (SSSR count). The molecule has 0 aliphatic carbocycles. The first-order valence-electron chi connectivity index (χ1n) is 3.71. The normalized spacial score (nSPS) is 11.2. The van der Waals surface area contributed by atoms with Crippen molar-refractivity contribution in [1.29, 1.82) is 0 Å². The van der Waals surface area contributed by atoms with Gasteiger partial charge in [0.2, 0.25) is 5.75 Å². The van der Waals surface area contributed by atoms with Gasteiger partial charge in [0.1, 0.15) is 5.02 Å². The van der Waals surface area contributed by atoms with Gasteiger partial charge in [-0.1, -0.05) is 29.3 Å². The van der Waals surface area contributed by atoms with Crippen molar-refractivity contribution in [3.05, 3.63) is 28.2 Å². The van der Waals surface area contributed by atoms with Crippen molar-refractivity contribution >= 4 is 31.2 Å². The van der Waals surface area contributed by atoms with Gasteiger partial charge < -0.3 is 0 Å². The summed E-state index contributed by atoms with van der Waals surface area (Å²) in [6, 6.07) is 4.98. The number of benzene rings is 1. The molecule has 0 aliphatic heterocycles. The summed E-state index contributed by atoms with van der Waals surface area (Å²) in [5, 5.41) is 0.708. The molecule has 0 bridgehead atoms. The van der Waals surface area contributed by atoms with Crippen molar-refractivity contribution in [3.63, 3.8) is 0 Å². The second kappa shape index (κ2) is 4.80. The summed E-state index contributed by atoms with van der Waals surface area (Å²) in [5.41, 5.74) is 0. The Balaban J connectivity index is 2.89. The largest absolute Gasteiger partial charge is 0.555 e. The molecular formula is C8H8Cl2O2P+. The van der Waals surface area contributed by atoms with E-state index in [4.69, 9.17) is 27.7 Å². The van der Waals surface area contributed by atoms with E-state index in [0.717, 1.165) is 0 Å². The zero-order valence-electron chi connectivity index (χ0n) is 6.96. The molecule has 0 saturated heterocycles. The van der Waals surface area contributed by atoms with Crippen LogP contribution < -0.4 is 4.52 Å². The Morgan fingerprint density at radius 1 is 1.46 bits per heavy atom. The predicted octanol–water partition coefficient (Wildman–Crippen LogP) is 4.13. The molecule has 0 aromatic heterocycles. The van der Waals surface area contributed by atoms with E-state index in [1.807, 2.05) is 0 Å². The van der Waals surface area contributed by atoms with Crippen LogP contribution in [0.3, 0.4) is 0 Å². The minimum absolute atomic E-state index is 0.306. The van der Waals surface area contributed by atoms with E-state index in [1.165, 1.54) is 0 Å². The van der Waals surface area contributed by atoms with Crippen LogP contribution in [-0.2, 0) is 4.57 Å². The fraction of sp³-hybridized carbons (Fsp3) is 0.250. The molecule has 0 amide bonds. The van der Waals surface area contributed by atoms with Crippen molar-refractivity contribution in [3.8, 4) is 5.75 Å². The summed E-state index contributed by atoms with van der Waals surface area (Å²) in [6.45, 7) is 1.77. The van der Waals surface area contributed by atoms with Gasteiger partial charge in [0.15, 0.2) is 6.16 Å². The Labute approximate surface area is 87.7 Å². The molecule has 13 heavy (non-hydrogen) atoms. The fourth-order valence-corrected chi connectivity index (χ4v) is 1.61. The molecule has 1 aromatic carbocycles. The molecule has 70 valence electrons. The molecule has 1 aromatic rings. The van der Waals surface area contributed by atoms with Crippen LogP contribution in [0.15, 0.2) is 18.2 Å². The van der Waals surface area contributed by atoms with Crippen LogP contribution in [0.25, 0.3) is 0 Å². The van der Waals surface area contributed by atoms with Crippen LogP contribution in [-0.4, -0.2) is 6.16 Å². The van der Waals surface area contributed by atoms with Crippen LogP contribution in [0.2, 0.25) is 10.0 Å². The van der Waals surface area contributed by atoms with Gasteiger partial charge in [-0.15, -0.1) is 0 Å². The van der Waals surface area contributed by atoms with Crippen LogP contribution in [0.5, 0.6) is 5.75 Å². The zero-order valence-corrected chi connectivity index (χ0v) is 9.37. The van der Waals surface area contributed by atoms with Gasteiger partial charge in [0, 0.05) is 0 Å². The average Bonchev–Trinajstić information content (AvgIpc) is 2.13. The van der Waals surface area contributed by atoms with Gasteiger partial charge in [-0.2, -0.15) is 0 Å². The molecule has 0 saturated carbocycles. The van der Waals surface area contributed by atoms with Crippen LogP contribution in [0, 0.1) is 0 Å². The quantitative estimate of drug-likeness (QED) is 0.739. The molecule has 0 radical (unpaired) electrons. The zero-order chi connectivity index (χ0) is 9.84. The molecule has 0 fully saturated rings. The Bertz CT molecular complexity index is 328. The van der Waals surface area contributed by atoms with E-state index < -0.39 is 8.03 Å². The molecule has 0 spiro atoms. The Hall–Kier alpha value is -0.300. The van der Waals surface area contributed by atoms with E-state index in [2.05, 4.69) is 0 Å². The van der Waals surface area contributed by atoms with Crippen LogP contribution in [0.1, 0.15) is 6.92 Å². The highest BCUT2D eigenvalue weighted by molar-refractivity contribution is 7.39. The first-order valence-corrected chi connectivity index (χ1v) is 5.83. The van der Waals surface area contributed by atoms with E-state index in [0.29, 0.717) is 22.0 Å². The maximum absolute atomic E-state index is 11.1. The SMILES string of the molecule is CC[P+](=O)Oc1cccc(Cl)c1Cl. The maximum atomic E-state index is 11.1. The van der Waals surface area contributed by atoms with E-state index in [1.54, 1.807) is 25.1 Å². The molecule has 1 unspecified atom stereocenters. The summed E-state index contributed by atoms with van der Waals surface area (Å²) in [5.74, 6) is 0.372. The minimum Gasteiger partial charge on any atom is -0.253 e. The lowest BCUT2D eigenvalue weighted by Gasteiger charge is -1.97. The van der Waals surface area contributed by atoms with Crippen molar-refractivity contribution in [2.45, 2.75) is 6.92 Å². The number of rotatable bonds is 3. The number of hydrogen-bond acceptors (Lipinski definition) is 2. The monoisotopic (exact) mass is 237 g/mol. The standard InChI is InChI=1S/C8H8Cl2O2P/c1-2-13(11)12-7-5-3-4-6(9)8(7)10/h3-5H,2H2,1H3/q+1. The molecule has 0 heterocycles. The fourth-order valence-electron chi connectivity index (χ4n) is 0.729. The summed E-state index contributed by atoms with van der Waals surface area (Å²) in [6.07, 6.45) is 0.457. The lowest BCUT2D eigenvalue weighted by atomic mass is 10.3. The van der Waals surface area contributed by atoms with Gasteiger partial charge >= 0.3 is 8.03 Å². The summed E-state index contributed by atoms with van der Waals surface area (Å²) < 4.78 is 16.1. The van der Waals surface area contributed by atoms with Gasteiger partial charge in [-0.05, 0) is 23.6 Å². The van der Waals surface area contributed by atoms with Gasteiger partial charge in [0.25, 0.3) is 0 Å².